The molecule has 0 radical (unpaired) electrons. The molecule has 0 aliphatic rings. The Morgan fingerprint density at radius 1 is 1.50 bits per heavy atom. The van der Waals surface area contributed by atoms with Crippen LogP contribution >= 0.6 is 0 Å². The van der Waals surface area contributed by atoms with Gasteiger partial charge in [0.2, 0.25) is 0 Å². The van der Waals surface area contributed by atoms with Crippen molar-refractivity contribution in [3.63, 3.8) is 0 Å². The Bertz CT molecular complexity index is 516. The number of furan rings is 1. The SMILES string of the molecule is CC(=O)c1oc2cc(F)ccc2c1N. The minimum atomic E-state index is -0.415. The lowest BCUT2D eigenvalue weighted by Gasteiger charge is -1.89. The molecule has 0 saturated carbocycles. The van der Waals surface area contributed by atoms with Crippen molar-refractivity contribution >= 4 is 22.4 Å². The molecule has 0 spiro atoms. The van der Waals surface area contributed by atoms with E-state index in [9.17, 15) is 9.18 Å². The number of hydrogen-bond acceptors (Lipinski definition) is 3. The van der Waals surface area contributed by atoms with Crippen molar-refractivity contribution < 1.29 is 13.6 Å². The van der Waals surface area contributed by atoms with Crippen LogP contribution in [0.4, 0.5) is 10.1 Å². The monoisotopic (exact) mass is 193 g/mol. The number of ketones is 1. The number of fused-ring (bicyclic) bond motifs is 1. The number of nitrogen functional groups attached to an aromatic ring is 1. The van der Waals surface area contributed by atoms with Crippen molar-refractivity contribution in [2.75, 3.05) is 5.73 Å². The molecule has 0 fully saturated rings. The summed E-state index contributed by atoms with van der Waals surface area (Å²) in [6.07, 6.45) is 0. The van der Waals surface area contributed by atoms with Gasteiger partial charge in [-0.05, 0) is 12.1 Å². The number of hydrogen-bond donors (Lipinski definition) is 1. The summed E-state index contributed by atoms with van der Waals surface area (Å²) in [5.74, 6) is -0.592. The number of benzene rings is 1. The quantitative estimate of drug-likeness (QED) is 0.707. The number of rotatable bonds is 1. The fourth-order valence-electron chi connectivity index (χ4n) is 1.35. The highest BCUT2D eigenvalue weighted by molar-refractivity contribution is 6.05. The summed E-state index contributed by atoms with van der Waals surface area (Å²) in [5, 5.41) is 0.566. The Kier molecular flexibility index (Phi) is 1.77. The zero-order valence-corrected chi connectivity index (χ0v) is 7.50. The highest BCUT2D eigenvalue weighted by atomic mass is 19.1. The summed E-state index contributed by atoms with van der Waals surface area (Å²) in [6.45, 7) is 1.35. The van der Waals surface area contributed by atoms with Gasteiger partial charge in [0.05, 0.1) is 5.69 Å². The van der Waals surface area contributed by atoms with Crippen LogP contribution in [0.3, 0.4) is 0 Å². The predicted molar refractivity (Wildman–Crippen MR) is 50.6 cm³/mol. The fourth-order valence-corrected chi connectivity index (χ4v) is 1.35. The van der Waals surface area contributed by atoms with Gasteiger partial charge in [0.25, 0.3) is 0 Å². The van der Waals surface area contributed by atoms with E-state index in [0.717, 1.165) is 0 Å². The molecular formula is C10H8FNO2. The van der Waals surface area contributed by atoms with Gasteiger partial charge < -0.3 is 10.2 Å². The molecule has 0 bridgehead atoms. The van der Waals surface area contributed by atoms with Crippen molar-refractivity contribution in [2.45, 2.75) is 6.92 Å². The van der Waals surface area contributed by atoms with Gasteiger partial charge in [-0.15, -0.1) is 0 Å². The molecule has 4 heteroatoms. The third kappa shape index (κ3) is 1.16. The first-order valence-electron chi connectivity index (χ1n) is 4.08. The van der Waals surface area contributed by atoms with E-state index in [2.05, 4.69) is 0 Å². The van der Waals surface area contributed by atoms with E-state index in [1.165, 1.54) is 25.1 Å². The highest BCUT2D eigenvalue weighted by Crippen LogP contribution is 2.28. The molecule has 0 aliphatic heterocycles. The molecule has 3 nitrogen and oxygen atoms in total. The first-order valence-corrected chi connectivity index (χ1v) is 4.08. The molecular weight excluding hydrogens is 185 g/mol. The standard InChI is InChI=1S/C10H8FNO2/c1-5(13)10-9(12)7-3-2-6(11)4-8(7)14-10/h2-4H,12H2,1H3. The third-order valence-corrected chi connectivity index (χ3v) is 2.01. The van der Waals surface area contributed by atoms with Gasteiger partial charge in [-0.3, -0.25) is 4.79 Å². The fraction of sp³-hybridized carbons (Fsp3) is 0.100. The van der Waals surface area contributed by atoms with Crippen LogP contribution in [-0.4, -0.2) is 5.78 Å². The molecule has 72 valence electrons. The normalized spacial score (nSPS) is 10.7. The van der Waals surface area contributed by atoms with Gasteiger partial charge in [-0.25, -0.2) is 4.39 Å². The van der Waals surface area contributed by atoms with Crippen LogP contribution in [0.25, 0.3) is 11.0 Å². The Balaban J connectivity index is 2.79. The Morgan fingerprint density at radius 3 is 2.86 bits per heavy atom. The van der Waals surface area contributed by atoms with Crippen molar-refractivity contribution in [3.05, 3.63) is 29.8 Å². The first kappa shape index (κ1) is 8.74. The number of Topliss-reactive ketones (excluding diaryl/α,β-unsaturated/α-hetero) is 1. The maximum absolute atomic E-state index is 12.8. The lowest BCUT2D eigenvalue weighted by atomic mass is 10.2. The lowest BCUT2D eigenvalue weighted by Crippen LogP contribution is -1.94. The Labute approximate surface area is 79.3 Å². The number of carbonyl (C=O) groups is 1. The highest BCUT2D eigenvalue weighted by Gasteiger charge is 2.14. The van der Waals surface area contributed by atoms with Crippen molar-refractivity contribution in [1.82, 2.24) is 0 Å². The minimum absolute atomic E-state index is 0.0885. The van der Waals surface area contributed by atoms with Crippen LogP contribution in [0, 0.1) is 5.82 Å². The van der Waals surface area contributed by atoms with Crippen LogP contribution in [-0.2, 0) is 0 Å². The van der Waals surface area contributed by atoms with Crippen molar-refractivity contribution in [1.29, 1.82) is 0 Å². The predicted octanol–water partition coefficient (Wildman–Crippen LogP) is 2.36. The van der Waals surface area contributed by atoms with Crippen LogP contribution in [0.2, 0.25) is 0 Å². The van der Waals surface area contributed by atoms with Gasteiger partial charge in [0.15, 0.2) is 11.5 Å². The second-order valence-electron chi connectivity index (χ2n) is 3.04. The Hall–Kier alpha value is -1.84. The summed E-state index contributed by atoms with van der Waals surface area (Å²) in [7, 11) is 0. The maximum atomic E-state index is 12.8. The number of carbonyl (C=O) groups excluding carboxylic acids is 1. The zero-order chi connectivity index (χ0) is 10.3. The van der Waals surface area contributed by atoms with Crippen LogP contribution in [0.15, 0.2) is 22.6 Å². The number of nitrogens with two attached hydrogens (primary N) is 1. The smallest absolute Gasteiger partial charge is 0.197 e. The summed E-state index contributed by atoms with van der Waals surface area (Å²) in [5.41, 5.74) is 6.22. The first-order chi connectivity index (χ1) is 6.59. The van der Waals surface area contributed by atoms with E-state index >= 15 is 0 Å². The molecule has 0 amide bonds. The third-order valence-electron chi connectivity index (χ3n) is 2.01. The second kappa shape index (κ2) is 2.83. The molecule has 14 heavy (non-hydrogen) atoms. The molecule has 0 unspecified atom stereocenters. The van der Waals surface area contributed by atoms with Crippen molar-refractivity contribution in [2.24, 2.45) is 0 Å². The van der Waals surface area contributed by atoms with Crippen LogP contribution in [0.5, 0.6) is 0 Å². The van der Waals surface area contributed by atoms with Gasteiger partial charge in [-0.1, -0.05) is 0 Å². The van der Waals surface area contributed by atoms with Gasteiger partial charge in [-0.2, -0.15) is 0 Å². The van der Waals surface area contributed by atoms with Crippen molar-refractivity contribution in [3.8, 4) is 0 Å². The number of anilines is 1. The molecule has 0 aliphatic carbocycles. The molecule has 0 atom stereocenters. The summed E-state index contributed by atoms with van der Waals surface area (Å²) >= 11 is 0. The van der Waals surface area contributed by atoms with Crippen LogP contribution < -0.4 is 5.73 Å². The van der Waals surface area contributed by atoms with Gasteiger partial charge in [0.1, 0.15) is 11.4 Å². The molecule has 0 saturated heterocycles. The van der Waals surface area contributed by atoms with E-state index in [-0.39, 0.29) is 17.2 Å². The van der Waals surface area contributed by atoms with Gasteiger partial charge in [0, 0.05) is 18.4 Å². The summed E-state index contributed by atoms with van der Waals surface area (Å²) in [6, 6.07) is 3.98. The molecule has 2 N–H and O–H groups in total. The zero-order valence-electron chi connectivity index (χ0n) is 7.50. The molecule has 1 heterocycles. The molecule has 1 aromatic carbocycles. The topological polar surface area (TPSA) is 56.2 Å². The Morgan fingerprint density at radius 2 is 2.21 bits per heavy atom. The number of halogens is 1. The second-order valence-corrected chi connectivity index (χ2v) is 3.04. The van der Waals surface area contributed by atoms with E-state index in [0.29, 0.717) is 11.0 Å². The van der Waals surface area contributed by atoms with E-state index in [1.54, 1.807) is 0 Å². The largest absolute Gasteiger partial charge is 0.451 e. The van der Waals surface area contributed by atoms with E-state index in [4.69, 9.17) is 10.2 Å². The average molecular weight is 193 g/mol. The summed E-state index contributed by atoms with van der Waals surface area (Å²) < 4.78 is 17.9. The van der Waals surface area contributed by atoms with Crippen LogP contribution in [0.1, 0.15) is 17.5 Å². The van der Waals surface area contributed by atoms with E-state index in [1.807, 2.05) is 0 Å². The van der Waals surface area contributed by atoms with E-state index < -0.39 is 5.82 Å². The van der Waals surface area contributed by atoms with Gasteiger partial charge >= 0.3 is 0 Å². The summed E-state index contributed by atoms with van der Waals surface area (Å²) in [4.78, 5) is 11.1. The minimum Gasteiger partial charge on any atom is -0.451 e. The molecule has 2 rings (SSSR count). The molecule has 2 aromatic rings. The lowest BCUT2D eigenvalue weighted by molar-refractivity contribution is 0.0990. The maximum Gasteiger partial charge on any atom is 0.197 e. The average Bonchev–Trinajstić information content (AvgIpc) is 2.43. The molecule has 1 aromatic heterocycles.